The van der Waals surface area contributed by atoms with E-state index in [-0.39, 0.29) is 0 Å². The molecule has 1 heterocycles. The Morgan fingerprint density at radius 3 is 2.33 bits per heavy atom. The van der Waals surface area contributed by atoms with Crippen LogP contribution in [0.4, 0.5) is 4.79 Å². The fourth-order valence-corrected chi connectivity index (χ4v) is 1.36. The van der Waals surface area contributed by atoms with Gasteiger partial charge < -0.3 is 9.84 Å². The van der Waals surface area contributed by atoms with Crippen LogP contribution in [0, 0.1) is 0 Å². The molecular formula is C12H20N2O3S. The summed E-state index contributed by atoms with van der Waals surface area (Å²) in [5.41, 5.74) is 0.445. The molecule has 18 heavy (non-hydrogen) atoms. The average molecular weight is 272 g/mol. The van der Waals surface area contributed by atoms with Crippen molar-refractivity contribution in [2.45, 2.75) is 26.4 Å². The van der Waals surface area contributed by atoms with Crippen LogP contribution in [0.15, 0.2) is 36.7 Å². The summed E-state index contributed by atoms with van der Waals surface area (Å²) in [6, 6.07) is 0. The monoisotopic (exact) mass is 272 g/mol. The molecular weight excluding hydrogens is 252 g/mol. The highest BCUT2D eigenvalue weighted by Crippen LogP contribution is 2.15. The summed E-state index contributed by atoms with van der Waals surface area (Å²) in [6.45, 7) is 9.23. The van der Waals surface area contributed by atoms with Gasteiger partial charge in [-0.2, -0.15) is 0 Å². The van der Waals surface area contributed by atoms with Gasteiger partial charge in [-0.1, -0.05) is 6.58 Å². The van der Waals surface area contributed by atoms with E-state index in [0.29, 0.717) is 0 Å². The van der Waals surface area contributed by atoms with Gasteiger partial charge in [0.25, 0.3) is 0 Å². The van der Waals surface area contributed by atoms with Gasteiger partial charge in [0.2, 0.25) is 0 Å². The number of carbonyl (C=O) groups is 1. The van der Waals surface area contributed by atoms with E-state index < -0.39 is 11.7 Å². The number of nitrogens with one attached hydrogen (secondary N) is 1. The quantitative estimate of drug-likeness (QED) is 0.757. The van der Waals surface area contributed by atoms with Crippen LogP contribution in [0.3, 0.4) is 0 Å². The third-order valence-electron chi connectivity index (χ3n) is 1.50. The van der Waals surface area contributed by atoms with Crippen LogP contribution in [-0.2, 0) is 4.74 Å². The summed E-state index contributed by atoms with van der Waals surface area (Å²) in [4.78, 5) is 11.3. The van der Waals surface area contributed by atoms with E-state index in [0.717, 1.165) is 24.8 Å². The molecule has 1 amide bonds. The molecule has 0 atom stereocenters. The topological polar surface area (TPSA) is 61.8 Å². The number of nitrogens with zero attached hydrogens (tertiary/aromatic N) is 1. The first-order valence-electron chi connectivity index (χ1n) is 5.31. The number of hydrogen-bond acceptors (Lipinski definition) is 5. The van der Waals surface area contributed by atoms with Crippen molar-refractivity contribution in [3.63, 3.8) is 0 Å². The van der Waals surface area contributed by atoms with E-state index in [1.807, 2.05) is 45.3 Å². The van der Waals surface area contributed by atoms with Crippen molar-refractivity contribution >= 4 is 18.2 Å². The highest BCUT2D eigenvalue weighted by Gasteiger charge is 2.16. The van der Waals surface area contributed by atoms with Gasteiger partial charge >= 0.3 is 6.09 Å². The van der Waals surface area contributed by atoms with Gasteiger partial charge in [-0.05, 0) is 38.5 Å². The molecule has 0 saturated carbocycles. The Morgan fingerprint density at radius 2 is 1.89 bits per heavy atom. The summed E-state index contributed by atoms with van der Waals surface area (Å²) in [5, 5.41) is 7.00. The summed E-state index contributed by atoms with van der Waals surface area (Å²) in [6.07, 6.45) is 6.87. The standard InChI is InChI=1S/C11H16N2O2S.CH4O/c1-9-5-7-13(8-6-9)16-12-10(14)15-11(2,3)4;1-2/h5-8H,1H2,2-4H3,(H,12,14);2H,1H3. The van der Waals surface area contributed by atoms with E-state index in [1.54, 1.807) is 4.31 Å². The molecule has 2 N–H and O–H groups in total. The van der Waals surface area contributed by atoms with Crippen molar-refractivity contribution in [3.05, 3.63) is 36.7 Å². The molecule has 6 heteroatoms. The molecule has 102 valence electrons. The summed E-state index contributed by atoms with van der Waals surface area (Å²) in [7, 11) is 1.00. The van der Waals surface area contributed by atoms with Gasteiger partial charge in [-0.3, -0.25) is 4.31 Å². The van der Waals surface area contributed by atoms with E-state index in [4.69, 9.17) is 9.84 Å². The number of aliphatic hydroxyl groups is 1. The van der Waals surface area contributed by atoms with E-state index in [2.05, 4.69) is 11.3 Å². The van der Waals surface area contributed by atoms with Gasteiger partial charge in [-0.15, -0.1) is 0 Å². The maximum absolute atomic E-state index is 11.3. The Labute approximate surface area is 112 Å². The first-order chi connectivity index (χ1) is 8.37. The second kappa shape index (κ2) is 7.84. The zero-order valence-electron chi connectivity index (χ0n) is 11.1. The molecule has 0 spiro atoms. The van der Waals surface area contributed by atoms with Crippen LogP contribution in [0.25, 0.3) is 0 Å². The molecule has 0 radical (unpaired) electrons. The van der Waals surface area contributed by atoms with Gasteiger partial charge in [0.1, 0.15) is 5.60 Å². The molecule has 0 fully saturated rings. The zero-order valence-corrected chi connectivity index (χ0v) is 12.0. The molecule has 1 rings (SSSR count). The highest BCUT2D eigenvalue weighted by atomic mass is 32.2. The average Bonchev–Trinajstić information content (AvgIpc) is 2.29. The van der Waals surface area contributed by atoms with E-state index >= 15 is 0 Å². The highest BCUT2D eigenvalue weighted by molar-refractivity contribution is 7.95. The third kappa shape index (κ3) is 7.81. The number of amides is 1. The molecule has 0 bridgehead atoms. The molecule has 0 unspecified atom stereocenters. The van der Waals surface area contributed by atoms with Crippen molar-refractivity contribution in [2.24, 2.45) is 0 Å². The van der Waals surface area contributed by atoms with Crippen molar-refractivity contribution in [3.8, 4) is 0 Å². The van der Waals surface area contributed by atoms with Crippen LogP contribution < -0.4 is 4.72 Å². The van der Waals surface area contributed by atoms with Crippen LogP contribution in [0.2, 0.25) is 0 Å². The molecule has 1 aliphatic rings. The largest absolute Gasteiger partial charge is 0.443 e. The van der Waals surface area contributed by atoms with E-state index in [1.165, 1.54) is 0 Å². The minimum absolute atomic E-state index is 0.455. The fourth-order valence-electron chi connectivity index (χ4n) is 0.893. The summed E-state index contributed by atoms with van der Waals surface area (Å²) in [5.74, 6) is 0. The van der Waals surface area contributed by atoms with E-state index in [9.17, 15) is 4.79 Å². The van der Waals surface area contributed by atoms with Gasteiger partial charge in [0.05, 0.1) is 12.1 Å². The minimum atomic E-state index is -0.480. The second-order valence-corrected chi connectivity index (χ2v) is 5.07. The Bertz CT molecular complexity index is 330. The number of ether oxygens (including phenoxy) is 1. The van der Waals surface area contributed by atoms with Crippen LogP contribution >= 0.6 is 12.1 Å². The lowest BCUT2D eigenvalue weighted by molar-refractivity contribution is 0.0573. The summed E-state index contributed by atoms with van der Waals surface area (Å²) < 4.78 is 9.41. The van der Waals surface area contributed by atoms with Gasteiger partial charge in [-0.25, -0.2) is 9.52 Å². The molecule has 0 aromatic heterocycles. The van der Waals surface area contributed by atoms with Crippen molar-refractivity contribution in [1.82, 2.24) is 9.03 Å². The smallest absolute Gasteiger partial charge is 0.419 e. The van der Waals surface area contributed by atoms with Gasteiger partial charge in [0, 0.05) is 19.5 Å². The van der Waals surface area contributed by atoms with Crippen molar-refractivity contribution < 1.29 is 14.6 Å². The number of hydrogen-bond donors (Lipinski definition) is 2. The number of carbonyl (C=O) groups excluding carboxylic acids is 1. The summed E-state index contributed by atoms with van der Waals surface area (Å²) >= 11 is 1.14. The Hall–Kier alpha value is -1.40. The number of allylic oxidation sites excluding steroid dienone is 3. The fraction of sp³-hybridized carbons (Fsp3) is 0.417. The lowest BCUT2D eigenvalue weighted by Crippen LogP contribution is -2.30. The maximum Gasteiger partial charge on any atom is 0.419 e. The molecule has 5 nitrogen and oxygen atoms in total. The zero-order chi connectivity index (χ0) is 14.2. The van der Waals surface area contributed by atoms with Gasteiger partial charge in [0.15, 0.2) is 0 Å². The Kier molecular flexibility index (Phi) is 7.23. The second-order valence-electron chi connectivity index (χ2n) is 4.26. The number of aliphatic hydroxyl groups excluding tert-OH is 1. The molecule has 0 aromatic carbocycles. The Morgan fingerprint density at radius 1 is 1.39 bits per heavy atom. The molecule has 0 saturated heterocycles. The normalized spacial score (nSPS) is 13.8. The Balaban J connectivity index is 0.00000137. The van der Waals surface area contributed by atoms with Crippen LogP contribution in [0.5, 0.6) is 0 Å². The lowest BCUT2D eigenvalue weighted by Gasteiger charge is -2.21. The lowest BCUT2D eigenvalue weighted by atomic mass is 10.2. The molecule has 0 aromatic rings. The third-order valence-corrected chi connectivity index (χ3v) is 2.22. The van der Waals surface area contributed by atoms with Crippen molar-refractivity contribution in [1.29, 1.82) is 0 Å². The maximum atomic E-state index is 11.3. The molecule has 1 aliphatic heterocycles. The first kappa shape index (κ1) is 16.6. The number of rotatable bonds is 2. The SMILES string of the molecule is C=C1C=CN(SNC(=O)OC(C)(C)C)C=C1.CO. The predicted molar refractivity (Wildman–Crippen MR) is 74.4 cm³/mol. The van der Waals surface area contributed by atoms with Crippen LogP contribution in [0.1, 0.15) is 20.8 Å². The first-order valence-corrected chi connectivity index (χ1v) is 6.08. The van der Waals surface area contributed by atoms with Crippen molar-refractivity contribution in [2.75, 3.05) is 7.11 Å². The molecule has 0 aliphatic carbocycles. The van der Waals surface area contributed by atoms with Crippen LogP contribution in [-0.4, -0.2) is 28.2 Å². The predicted octanol–water partition coefficient (Wildman–Crippen LogP) is 2.58. The minimum Gasteiger partial charge on any atom is -0.443 e.